The van der Waals surface area contributed by atoms with Crippen LogP contribution in [0.15, 0.2) is 18.3 Å². The van der Waals surface area contributed by atoms with Crippen LogP contribution in [0.5, 0.6) is 0 Å². The van der Waals surface area contributed by atoms with E-state index in [1.54, 1.807) is 24.1 Å². The highest BCUT2D eigenvalue weighted by Gasteiger charge is 2.31. The first kappa shape index (κ1) is 12.0. The van der Waals surface area contributed by atoms with Gasteiger partial charge in [-0.05, 0) is 38.8 Å². The number of aliphatic hydroxyl groups is 1. The van der Waals surface area contributed by atoms with Crippen LogP contribution in [0.25, 0.3) is 0 Å². The molecule has 1 fully saturated rings. The molecule has 1 amide bonds. The molecular formula is C13H18N2O2. The van der Waals surface area contributed by atoms with Crippen molar-refractivity contribution in [2.75, 3.05) is 13.1 Å². The van der Waals surface area contributed by atoms with E-state index in [2.05, 4.69) is 4.98 Å². The van der Waals surface area contributed by atoms with Crippen LogP contribution in [0.3, 0.4) is 0 Å². The van der Waals surface area contributed by atoms with Crippen molar-refractivity contribution in [3.8, 4) is 0 Å². The number of nitrogens with zero attached hydrogens (tertiary/aromatic N) is 2. The number of likely N-dealkylation sites (tertiary alicyclic amines) is 1. The topological polar surface area (TPSA) is 53.4 Å². The minimum atomic E-state index is -0.758. The van der Waals surface area contributed by atoms with Crippen LogP contribution in [0.4, 0.5) is 0 Å². The molecule has 1 N–H and O–H groups in total. The molecule has 2 heterocycles. The summed E-state index contributed by atoms with van der Waals surface area (Å²) in [6.07, 6.45) is 3.20. The Morgan fingerprint density at radius 3 is 2.88 bits per heavy atom. The van der Waals surface area contributed by atoms with E-state index in [9.17, 15) is 9.90 Å². The van der Waals surface area contributed by atoms with Crippen molar-refractivity contribution in [2.24, 2.45) is 0 Å². The highest BCUT2D eigenvalue weighted by molar-refractivity contribution is 5.94. The van der Waals surface area contributed by atoms with Gasteiger partial charge >= 0.3 is 0 Å². The van der Waals surface area contributed by atoms with E-state index in [-0.39, 0.29) is 5.91 Å². The molecule has 0 bridgehead atoms. The average Bonchev–Trinajstić information content (AvgIpc) is 2.28. The van der Waals surface area contributed by atoms with E-state index >= 15 is 0 Å². The zero-order valence-electron chi connectivity index (χ0n) is 10.3. The van der Waals surface area contributed by atoms with Crippen LogP contribution in [0.2, 0.25) is 0 Å². The second-order valence-electron chi connectivity index (χ2n) is 5.02. The Bertz CT molecular complexity index is 412. The van der Waals surface area contributed by atoms with Crippen LogP contribution in [0.1, 0.15) is 35.8 Å². The Balaban J connectivity index is 2.12. The van der Waals surface area contributed by atoms with E-state index in [0.29, 0.717) is 18.7 Å². The fourth-order valence-corrected chi connectivity index (χ4v) is 2.17. The van der Waals surface area contributed by atoms with Crippen LogP contribution in [0, 0.1) is 6.92 Å². The van der Waals surface area contributed by atoms with Gasteiger partial charge in [0.1, 0.15) is 0 Å². The molecule has 0 aromatic carbocycles. The number of aromatic nitrogens is 1. The summed E-state index contributed by atoms with van der Waals surface area (Å²) in [5.41, 5.74) is 0.729. The molecule has 1 aliphatic rings. The Morgan fingerprint density at radius 2 is 2.29 bits per heavy atom. The minimum Gasteiger partial charge on any atom is -0.388 e. The molecule has 0 saturated carbocycles. The van der Waals surface area contributed by atoms with Gasteiger partial charge in [-0.3, -0.25) is 9.78 Å². The number of aryl methyl sites for hydroxylation is 1. The molecule has 1 aliphatic heterocycles. The molecular weight excluding hydrogens is 216 g/mol. The fraction of sp³-hybridized carbons (Fsp3) is 0.538. The Hall–Kier alpha value is -1.42. The Morgan fingerprint density at radius 1 is 1.53 bits per heavy atom. The SMILES string of the molecule is Cc1ccc(C(=O)N2CCCC(C)(O)C2)cn1. The molecule has 2 rings (SSSR count). The number of piperidine rings is 1. The fourth-order valence-electron chi connectivity index (χ4n) is 2.17. The summed E-state index contributed by atoms with van der Waals surface area (Å²) < 4.78 is 0. The maximum Gasteiger partial charge on any atom is 0.255 e. The molecule has 92 valence electrons. The molecule has 1 atom stereocenters. The maximum atomic E-state index is 12.2. The molecule has 4 heteroatoms. The van der Waals surface area contributed by atoms with Crippen molar-refractivity contribution >= 4 is 5.91 Å². The van der Waals surface area contributed by atoms with Crippen molar-refractivity contribution in [2.45, 2.75) is 32.3 Å². The lowest BCUT2D eigenvalue weighted by molar-refractivity contribution is -0.0107. The summed E-state index contributed by atoms with van der Waals surface area (Å²) >= 11 is 0. The van der Waals surface area contributed by atoms with E-state index in [1.807, 2.05) is 13.0 Å². The number of hydrogen-bond acceptors (Lipinski definition) is 3. The highest BCUT2D eigenvalue weighted by Crippen LogP contribution is 2.21. The zero-order chi connectivity index (χ0) is 12.5. The van der Waals surface area contributed by atoms with Gasteiger partial charge in [-0.1, -0.05) is 0 Å². The lowest BCUT2D eigenvalue weighted by Gasteiger charge is -2.36. The lowest BCUT2D eigenvalue weighted by atomic mass is 9.95. The summed E-state index contributed by atoms with van der Waals surface area (Å²) in [6.45, 7) is 4.78. The van der Waals surface area contributed by atoms with E-state index in [1.165, 1.54) is 0 Å². The van der Waals surface area contributed by atoms with Crippen LogP contribution < -0.4 is 0 Å². The molecule has 0 aliphatic carbocycles. The number of rotatable bonds is 1. The van der Waals surface area contributed by atoms with Crippen molar-refractivity contribution in [3.05, 3.63) is 29.6 Å². The third-order valence-corrected chi connectivity index (χ3v) is 3.12. The van der Waals surface area contributed by atoms with Gasteiger partial charge in [-0.2, -0.15) is 0 Å². The van der Waals surface area contributed by atoms with Crippen molar-refractivity contribution in [1.29, 1.82) is 0 Å². The standard InChI is InChI=1S/C13H18N2O2/c1-10-4-5-11(8-14-10)12(16)15-7-3-6-13(2,17)9-15/h4-5,8,17H,3,6-7,9H2,1-2H3. The first-order valence-corrected chi connectivity index (χ1v) is 5.92. The van der Waals surface area contributed by atoms with Crippen LogP contribution in [-0.2, 0) is 0 Å². The smallest absolute Gasteiger partial charge is 0.255 e. The number of pyridine rings is 1. The van der Waals surface area contributed by atoms with Gasteiger partial charge in [-0.25, -0.2) is 0 Å². The van der Waals surface area contributed by atoms with Gasteiger partial charge < -0.3 is 10.0 Å². The Labute approximate surface area is 101 Å². The molecule has 17 heavy (non-hydrogen) atoms. The molecule has 1 aromatic rings. The zero-order valence-corrected chi connectivity index (χ0v) is 10.3. The van der Waals surface area contributed by atoms with Gasteiger partial charge in [0.25, 0.3) is 5.91 Å². The monoisotopic (exact) mass is 234 g/mol. The predicted octanol–water partition coefficient (Wildman–Crippen LogP) is 1.38. The van der Waals surface area contributed by atoms with Crippen LogP contribution in [-0.4, -0.2) is 39.6 Å². The van der Waals surface area contributed by atoms with E-state index in [4.69, 9.17) is 0 Å². The van der Waals surface area contributed by atoms with Crippen molar-refractivity contribution in [3.63, 3.8) is 0 Å². The van der Waals surface area contributed by atoms with Crippen LogP contribution >= 0.6 is 0 Å². The number of amides is 1. The molecule has 1 saturated heterocycles. The van der Waals surface area contributed by atoms with Crippen molar-refractivity contribution < 1.29 is 9.90 Å². The first-order chi connectivity index (χ1) is 7.98. The second-order valence-corrected chi connectivity index (χ2v) is 5.02. The Kier molecular flexibility index (Phi) is 3.15. The maximum absolute atomic E-state index is 12.2. The first-order valence-electron chi connectivity index (χ1n) is 5.92. The van der Waals surface area contributed by atoms with Gasteiger partial charge in [0, 0.05) is 25.0 Å². The number of hydrogen-bond donors (Lipinski definition) is 1. The largest absolute Gasteiger partial charge is 0.388 e. The second kappa shape index (κ2) is 4.45. The summed E-state index contributed by atoms with van der Waals surface area (Å²) in [4.78, 5) is 18.0. The summed E-state index contributed by atoms with van der Waals surface area (Å²) in [5, 5.41) is 9.98. The predicted molar refractivity (Wildman–Crippen MR) is 64.7 cm³/mol. The molecule has 1 unspecified atom stereocenters. The third-order valence-electron chi connectivity index (χ3n) is 3.12. The summed E-state index contributed by atoms with van der Waals surface area (Å²) in [5.74, 6) is -0.0440. The summed E-state index contributed by atoms with van der Waals surface area (Å²) in [6, 6.07) is 3.61. The van der Waals surface area contributed by atoms with Gasteiger partial charge in [0.15, 0.2) is 0 Å². The highest BCUT2D eigenvalue weighted by atomic mass is 16.3. The minimum absolute atomic E-state index is 0.0440. The number of carbonyl (C=O) groups is 1. The third kappa shape index (κ3) is 2.82. The molecule has 1 aromatic heterocycles. The normalized spacial score (nSPS) is 24.8. The van der Waals surface area contributed by atoms with E-state index < -0.39 is 5.60 Å². The quantitative estimate of drug-likeness (QED) is 0.798. The summed E-state index contributed by atoms with van der Waals surface area (Å²) in [7, 11) is 0. The number of carbonyl (C=O) groups excluding carboxylic acids is 1. The van der Waals surface area contributed by atoms with Gasteiger partial charge in [0.05, 0.1) is 11.2 Å². The van der Waals surface area contributed by atoms with Crippen molar-refractivity contribution in [1.82, 2.24) is 9.88 Å². The molecule has 0 spiro atoms. The van der Waals surface area contributed by atoms with E-state index in [0.717, 1.165) is 18.5 Å². The molecule has 0 radical (unpaired) electrons. The lowest BCUT2D eigenvalue weighted by Crippen LogP contribution is -2.48. The van der Waals surface area contributed by atoms with Gasteiger partial charge in [-0.15, -0.1) is 0 Å². The van der Waals surface area contributed by atoms with Gasteiger partial charge in [0.2, 0.25) is 0 Å². The molecule has 4 nitrogen and oxygen atoms in total. The average molecular weight is 234 g/mol. The number of β-amino-alcohol motifs (C(OH)–C–C–N with tert-alkyl or cyclic N) is 1.